The largest absolute Gasteiger partial charge is 0.465 e. The van der Waals surface area contributed by atoms with Gasteiger partial charge in [0.05, 0.1) is 41.2 Å². The number of halogens is 1. The normalized spacial score (nSPS) is 16.5. The number of benzene rings is 2. The third kappa shape index (κ3) is 5.49. The van der Waals surface area contributed by atoms with Gasteiger partial charge in [0.15, 0.2) is 5.11 Å². The van der Waals surface area contributed by atoms with Crippen molar-refractivity contribution >= 4 is 52.2 Å². The molecule has 0 unspecified atom stereocenters. The highest BCUT2D eigenvalue weighted by Gasteiger charge is 2.42. The smallest absolute Gasteiger partial charge is 0.337 e. The highest BCUT2D eigenvalue weighted by molar-refractivity contribution is 7.80. The molecule has 0 spiro atoms. The molecule has 2 aromatic heterocycles. The summed E-state index contributed by atoms with van der Waals surface area (Å²) in [5, 5.41) is 7.34. The van der Waals surface area contributed by atoms with Gasteiger partial charge in [0, 0.05) is 34.9 Å². The molecule has 3 heterocycles. The number of ether oxygens (including phenoxy) is 1. The summed E-state index contributed by atoms with van der Waals surface area (Å²) in [6.45, 7) is 7.79. The first-order valence-corrected chi connectivity index (χ1v) is 14.4. The van der Waals surface area contributed by atoms with E-state index in [4.69, 9.17) is 28.6 Å². The molecular weight excluding hydrogens is 570 g/mol. The van der Waals surface area contributed by atoms with Gasteiger partial charge < -0.3 is 24.8 Å². The predicted octanol–water partition coefficient (Wildman–Crippen LogP) is 6.70. The van der Waals surface area contributed by atoms with Crippen molar-refractivity contribution in [2.45, 2.75) is 39.8 Å². The molecule has 2 N–H and O–H groups in total. The molecule has 0 radical (unpaired) electrons. The third-order valence-electron chi connectivity index (χ3n) is 7.45. The number of hydrogen-bond donors (Lipinski definition) is 2. The van der Waals surface area contributed by atoms with Gasteiger partial charge in [-0.05, 0) is 92.3 Å². The van der Waals surface area contributed by atoms with Crippen LogP contribution in [0.25, 0.3) is 5.69 Å². The van der Waals surface area contributed by atoms with E-state index >= 15 is 0 Å². The molecule has 42 heavy (non-hydrogen) atoms. The Kier molecular flexibility index (Phi) is 8.34. The zero-order valence-electron chi connectivity index (χ0n) is 24.0. The van der Waals surface area contributed by atoms with Crippen LogP contribution < -0.4 is 15.5 Å². The van der Waals surface area contributed by atoms with Gasteiger partial charge in [0.1, 0.15) is 0 Å². The van der Waals surface area contributed by atoms with E-state index in [0.29, 0.717) is 21.4 Å². The van der Waals surface area contributed by atoms with Crippen molar-refractivity contribution in [3.05, 3.63) is 106 Å². The van der Waals surface area contributed by atoms with Crippen LogP contribution in [-0.4, -0.2) is 33.6 Å². The standard InChI is InChI=1S/C32H32ClN5O3S/c1-18(2)30(39)35-26-14-13-23(17-25(26)33)38-29(28(36-32(38)42)27-8-6-7-15-34-27)24-16-19(3)37(20(24)4)22-11-9-21(10-12-22)31(40)41-5/h6-18,28-29H,1-5H3,(H,35,39)(H,36,42)/t28-,29-/m1/s1. The van der Waals surface area contributed by atoms with Crippen LogP contribution in [0.5, 0.6) is 0 Å². The van der Waals surface area contributed by atoms with Gasteiger partial charge >= 0.3 is 5.97 Å². The number of amides is 1. The fourth-order valence-electron chi connectivity index (χ4n) is 5.33. The quantitative estimate of drug-likeness (QED) is 0.180. The molecule has 5 rings (SSSR count). The lowest BCUT2D eigenvalue weighted by Crippen LogP contribution is -2.29. The van der Waals surface area contributed by atoms with E-state index in [9.17, 15) is 9.59 Å². The fraction of sp³-hybridized carbons (Fsp3) is 0.250. The van der Waals surface area contributed by atoms with Gasteiger partial charge in [-0.25, -0.2) is 4.79 Å². The van der Waals surface area contributed by atoms with Crippen LogP contribution in [0.3, 0.4) is 0 Å². The van der Waals surface area contributed by atoms with E-state index in [1.807, 2.05) is 56.3 Å². The summed E-state index contributed by atoms with van der Waals surface area (Å²) < 4.78 is 7.01. The molecule has 1 aliphatic rings. The van der Waals surface area contributed by atoms with Crippen LogP contribution in [0.4, 0.5) is 11.4 Å². The first-order chi connectivity index (χ1) is 20.1. The zero-order valence-corrected chi connectivity index (χ0v) is 25.6. The van der Waals surface area contributed by atoms with Crippen molar-refractivity contribution in [3.8, 4) is 5.69 Å². The van der Waals surface area contributed by atoms with Crippen molar-refractivity contribution in [1.82, 2.24) is 14.9 Å². The van der Waals surface area contributed by atoms with Gasteiger partial charge in [0.2, 0.25) is 5.91 Å². The minimum absolute atomic E-state index is 0.108. The predicted molar refractivity (Wildman–Crippen MR) is 169 cm³/mol. The number of pyridine rings is 1. The Morgan fingerprint density at radius 2 is 1.76 bits per heavy atom. The number of nitrogens with zero attached hydrogens (tertiary/aromatic N) is 3. The Hall–Kier alpha value is -4.21. The third-order valence-corrected chi connectivity index (χ3v) is 8.07. The zero-order chi connectivity index (χ0) is 30.1. The summed E-state index contributed by atoms with van der Waals surface area (Å²) in [5.74, 6) is -0.661. The van der Waals surface area contributed by atoms with E-state index in [-0.39, 0.29) is 29.9 Å². The van der Waals surface area contributed by atoms with Gasteiger partial charge in [-0.3, -0.25) is 9.78 Å². The van der Waals surface area contributed by atoms with Gasteiger partial charge in [-0.15, -0.1) is 0 Å². The Balaban J connectivity index is 1.59. The SMILES string of the molecule is COC(=O)c1ccc(-n2c(C)cc([C@@H]3[C@@H](c4ccccn4)NC(=S)N3c3ccc(NC(=O)C(C)C)c(Cl)c3)c2C)cc1. The Morgan fingerprint density at radius 1 is 1.05 bits per heavy atom. The number of methoxy groups -OCH3 is 1. The number of anilines is 2. The lowest BCUT2D eigenvalue weighted by molar-refractivity contribution is -0.118. The lowest BCUT2D eigenvalue weighted by Gasteiger charge is -2.28. The number of thiocarbonyl (C=S) groups is 1. The Labute approximate surface area is 255 Å². The number of aromatic nitrogens is 2. The van der Waals surface area contributed by atoms with Crippen LogP contribution >= 0.6 is 23.8 Å². The van der Waals surface area contributed by atoms with Crippen molar-refractivity contribution in [1.29, 1.82) is 0 Å². The number of aryl methyl sites for hydroxylation is 1. The van der Waals surface area contributed by atoms with E-state index in [1.165, 1.54) is 7.11 Å². The van der Waals surface area contributed by atoms with E-state index < -0.39 is 0 Å². The number of rotatable bonds is 7. The molecule has 4 aromatic rings. The van der Waals surface area contributed by atoms with Gasteiger partial charge in [-0.2, -0.15) is 0 Å². The topological polar surface area (TPSA) is 88.5 Å². The van der Waals surface area contributed by atoms with Crippen molar-refractivity contribution in [3.63, 3.8) is 0 Å². The lowest BCUT2D eigenvalue weighted by atomic mass is 9.96. The number of carbonyl (C=O) groups is 2. The van der Waals surface area contributed by atoms with Gasteiger partial charge in [0.25, 0.3) is 0 Å². The molecule has 216 valence electrons. The average Bonchev–Trinajstić information content (AvgIpc) is 3.48. The Morgan fingerprint density at radius 3 is 2.38 bits per heavy atom. The molecule has 1 aliphatic heterocycles. The molecule has 0 bridgehead atoms. The minimum atomic E-state index is -0.379. The summed E-state index contributed by atoms with van der Waals surface area (Å²) in [4.78, 5) is 31.0. The molecule has 2 atom stereocenters. The summed E-state index contributed by atoms with van der Waals surface area (Å²) in [7, 11) is 1.37. The Bertz CT molecular complexity index is 1650. The highest BCUT2D eigenvalue weighted by atomic mass is 35.5. The van der Waals surface area contributed by atoms with Crippen molar-refractivity contribution in [2.75, 3.05) is 17.3 Å². The minimum Gasteiger partial charge on any atom is -0.465 e. The maximum absolute atomic E-state index is 12.3. The molecular formula is C32H32ClN5O3S. The van der Waals surface area contributed by atoms with E-state index in [1.54, 1.807) is 24.4 Å². The monoisotopic (exact) mass is 601 g/mol. The molecule has 1 amide bonds. The molecule has 1 saturated heterocycles. The maximum atomic E-state index is 12.3. The highest BCUT2D eigenvalue weighted by Crippen LogP contribution is 2.44. The van der Waals surface area contributed by atoms with Crippen molar-refractivity contribution in [2.24, 2.45) is 5.92 Å². The number of esters is 1. The van der Waals surface area contributed by atoms with Crippen LogP contribution in [-0.2, 0) is 9.53 Å². The van der Waals surface area contributed by atoms with Crippen LogP contribution in [0.15, 0.2) is 72.9 Å². The van der Waals surface area contributed by atoms with Crippen LogP contribution in [0.1, 0.15) is 58.9 Å². The second-order valence-electron chi connectivity index (χ2n) is 10.5. The van der Waals surface area contributed by atoms with Crippen LogP contribution in [0.2, 0.25) is 5.02 Å². The summed E-state index contributed by atoms with van der Waals surface area (Å²) in [5.41, 5.74) is 6.70. The summed E-state index contributed by atoms with van der Waals surface area (Å²) >= 11 is 12.6. The summed E-state index contributed by atoms with van der Waals surface area (Å²) in [6.07, 6.45) is 1.77. The average molecular weight is 602 g/mol. The first kappa shape index (κ1) is 29.3. The second-order valence-corrected chi connectivity index (χ2v) is 11.3. The molecule has 0 saturated carbocycles. The molecule has 2 aromatic carbocycles. The fourth-order valence-corrected chi connectivity index (χ4v) is 5.90. The molecule has 1 fully saturated rings. The second kappa shape index (κ2) is 12.0. The number of hydrogen-bond acceptors (Lipinski definition) is 5. The van der Waals surface area contributed by atoms with E-state index in [0.717, 1.165) is 34.0 Å². The number of carbonyl (C=O) groups excluding carboxylic acids is 2. The molecule has 10 heteroatoms. The van der Waals surface area contributed by atoms with Crippen molar-refractivity contribution < 1.29 is 14.3 Å². The maximum Gasteiger partial charge on any atom is 0.337 e. The van der Waals surface area contributed by atoms with Gasteiger partial charge in [-0.1, -0.05) is 31.5 Å². The first-order valence-electron chi connectivity index (χ1n) is 13.6. The molecule has 8 nitrogen and oxygen atoms in total. The van der Waals surface area contributed by atoms with E-state index in [2.05, 4.69) is 45.0 Å². The van der Waals surface area contributed by atoms with Crippen LogP contribution in [0, 0.1) is 19.8 Å². The molecule has 0 aliphatic carbocycles. The summed E-state index contributed by atoms with van der Waals surface area (Å²) in [6, 6.07) is 20.4. The number of nitrogens with one attached hydrogen (secondary N) is 2.